The molecule has 1 aromatic rings. The van der Waals surface area contributed by atoms with Crippen molar-refractivity contribution in [2.75, 3.05) is 58.4 Å². The quantitative estimate of drug-likeness (QED) is 0.828. The van der Waals surface area contributed by atoms with Gasteiger partial charge in [-0.05, 0) is 44.7 Å². The minimum absolute atomic E-state index is 0.318. The highest BCUT2D eigenvalue weighted by Crippen LogP contribution is 2.29. The third kappa shape index (κ3) is 5.51. The van der Waals surface area contributed by atoms with Crippen LogP contribution in [-0.4, -0.2) is 64.3 Å². The standard InChI is InChI=1S/C21H33N3O3/c1-26-19-14-18(15-20(16-19)27-2)23-10-3-11-24(13-12-23)21(25)5-4-17-6-8-22-9-7-17/h14-17,22H,3-13H2,1-2H3. The molecule has 0 radical (unpaired) electrons. The number of hydrogen-bond acceptors (Lipinski definition) is 5. The largest absolute Gasteiger partial charge is 0.497 e. The van der Waals surface area contributed by atoms with Crippen LogP contribution in [0.1, 0.15) is 32.1 Å². The molecule has 0 atom stereocenters. The van der Waals surface area contributed by atoms with E-state index < -0.39 is 0 Å². The van der Waals surface area contributed by atoms with E-state index in [-0.39, 0.29) is 0 Å². The number of piperidine rings is 1. The zero-order chi connectivity index (χ0) is 19.1. The molecule has 0 aromatic heterocycles. The van der Waals surface area contributed by atoms with Crippen LogP contribution in [0.4, 0.5) is 5.69 Å². The highest BCUT2D eigenvalue weighted by Gasteiger charge is 2.21. The van der Waals surface area contributed by atoms with Crippen molar-refractivity contribution in [3.05, 3.63) is 18.2 Å². The van der Waals surface area contributed by atoms with E-state index in [1.54, 1.807) is 14.2 Å². The lowest BCUT2D eigenvalue weighted by Gasteiger charge is -2.26. The average molecular weight is 376 g/mol. The Morgan fingerprint density at radius 3 is 2.41 bits per heavy atom. The maximum atomic E-state index is 12.7. The third-order valence-corrected chi connectivity index (χ3v) is 5.78. The molecular formula is C21H33N3O3. The number of nitrogens with one attached hydrogen (secondary N) is 1. The van der Waals surface area contributed by atoms with E-state index in [0.717, 1.165) is 69.3 Å². The van der Waals surface area contributed by atoms with Gasteiger partial charge in [0, 0.05) is 56.5 Å². The Hall–Kier alpha value is -1.95. The summed E-state index contributed by atoms with van der Waals surface area (Å²) in [5.41, 5.74) is 1.09. The molecule has 3 rings (SSSR count). The summed E-state index contributed by atoms with van der Waals surface area (Å²) in [4.78, 5) is 17.1. The van der Waals surface area contributed by atoms with Gasteiger partial charge in [0.25, 0.3) is 0 Å². The minimum Gasteiger partial charge on any atom is -0.497 e. The molecular weight excluding hydrogens is 342 g/mol. The SMILES string of the molecule is COc1cc(OC)cc(N2CCCN(C(=O)CCC3CCNCC3)CC2)c1. The van der Waals surface area contributed by atoms with Crippen LogP contribution in [-0.2, 0) is 4.79 Å². The first-order valence-corrected chi connectivity index (χ1v) is 10.2. The number of methoxy groups -OCH3 is 2. The zero-order valence-corrected chi connectivity index (χ0v) is 16.7. The topological polar surface area (TPSA) is 54.0 Å². The molecule has 27 heavy (non-hydrogen) atoms. The van der Waals surface area contributed by atoms with Crippen molar-refractivity contribution in [2.24, 2.45) is 5.92 Å². The second kappa shape index (κ2) is 9.83. The second-order valence-electron chi connectivity index (χ2n) is 7.52. The van der Waals surface area contributed by atoms with E-state index in [9.17, 15) is 4.79 Å². The Bertz CT molecular complexity index is 594. The number of benzene rings is 1. The van der Waals surface area contributed by atoms with E-state index >= 15 is 0 Å². The molecule has 0 spiro atoms. The molecule has 6 heteroatoms. The lowest BCUT2D eigenvalue weighted by atomic mass is 9.93. The van der Waals surface area contributed by atoms with Crippen LogP contribution in [0.3, 0.4) is 0 Å². The van der Waals surface area contributed by atoms with Crippen molar-refractivity contribution < 1.29 is 14.3 Å². The second-order valence-corrected chi connectivity index (χ2v) is 7.52. The van der Waals surface area contributed by atoms with Crippen LogP contribution < -0.4 is 19.7 Å². The van der Waals surface area contributed by atoms with Gasteiger partial charge in [-0.15, -0.1) is 0 Å². The molecule has 2 fully saturated rings. The Labute approximate surface area is 162 Å². The molecule has 2 aliphatic rings. The molecule has 0 aliphatic carbocycles. The first kappa shape index (κ1) is 19.8. The molecule has 6 nitrogen and oxygen atoms in total. The van der Waals surface area contributed by atoms with Gasteiger partial charge in [0.05, 0.1) is 14.2 Å². The number of anilines is 1. The van der Waals surface area contributed by atoms with Crippen LogP contribution in [0, 0.1) is 5.92 Å². The summed E-state index contributed by atoms with van der Waals surface area (Å²) in [6.07, 6.45) is 5.13. The van der Waals surface area contributed by atoms with Gasteiger partial charge in [0.15, 0.2) is 0 Å². The van der Waals surface area contributed by atoms with E-state index in [0.29, 0.717) is 18.2 Å². The van der Waals surface area contributed by atoms with Gasteiger partial charge in [-0.1, -0.05) is 0 Å². The van der Waals surface area contributed by atoms with E-state index in [2.05, 4.69) is 15.1 Å². The fourth-order valence-electron chi connectivity index (χ4n) is 4.06. The van der Waals surface area contributed by atoms with Gasteiger partial charge in [0.2, 0.25) is 5.91 Å². The Morgan fingerprint density at radius 2 is 1.74 bits per heavy atom. The molecule has 1 aromatic carbocycles. The van der Waals surface area contributed by atoms with Gasteiger partial charge in [0.1, 0.15) is 11.5 Å². The van der Waals surface area contributed by atoms with E-state index in [1.807, 2.05) is 18.2 Å². The average Bonchev–Trinajstić information content (AvgIpc) is 2.98. The molecule has 1 amide bonds. The van der Waals surface area contributed by atoms with Crippen molar-refractivity contribution in [1.82, 2.24) is 10.2 Å². The summed E-state index contributed by atoms with van der Waals surface area (Å²) in [5.74, 6) is 2.62. The number of carbonyl (C=O) groups excluding carboxylic acids is 1. The Kier molecular flexibility index (Phi) is 7.21. The molecule has 0 saturated carbocycles. The van der Waals surface area contributed by atoms with E-state index in [1.165, 1.54) is 12.8 Å². The number of amides is 1. The van der Waals surface area contributed by atoms with Gasteiger partial charge < -0.3 is 24.6 Å². The summed E-state index contributed by atoms with van der Waals surface area (Å²) in [6.45, 7) is 5.61. The monoisotopic (exact) mass is 375 g/mol. The zero-order valence-electron chi connectivity index (χ0n) is 16.7. The van der Waals surface area contributed by atoms with Gasteiger partial charge in [-0.3, -0.25) is 4.79 Å². The fraction of sp³-hybridized carbons (Fsp3) is 0.667. The van der Waals surface area contributed by atoms with Gasteiger partial charge in [-0.2, -0.15) is 0 Å². The van der Waals surface area contributed by atoms with Crippen LogP contribution >= 0.6 is 0 Å². The molecule has 0 unspecified atom stereocenters. The number of carbonyl (C=O) groups is 1. The summed E-state index contributed by atoms with van der Waals surface area (Å²) in [5, 5.41) is 3.39. The molecule has 2 saturated heterocycles. The molecule has 0 bridgehead atoms. The van der Waals surface area contributed by atoms with Crippen molar-refractivity contribution in [1.29, 1.82) is 0 Å². The minimum atomic E-state index is 0.318. The fourth-order valence-corrected chi connectivity index (χ4v) is 4.06. The third-order valence-electron chi connectivity index (χ3n) is 5.78. The number of hydrogen-bond donors (Lipinski definition) is 1. The summed E-state index contributed by atoms with van der Waals surface area (Å²) in [6, 6.07) is 5.96. The molecule has 150 valence electrons. The number of nitrogens with zero attached hydrogens (tertiary/aromatic N) is 2. The van der Waals surface area contributed by atoms with Crippen molar-refractivity contribution in [3.63, 3.8) is 0 Å². The van der Waals surface area contributed by atoms with Crippen LogP contribution in [0.5, 0.6) is 11.5 Å². The Morgan fingerprint density at radius 1 is 1.04 bits per heavy atom. The first-order valence-electron chi connectivity index (χ1n) is 10.2. The van der Waals surface area contributed by atoms with Crippen LogP contribution in [0.2, 0.25) is 0 Å². The lowest BCUT2D eigenvalue weighted by molar-refractivity contribution is -0.131. The molecule has 1 N–H and O–H groups in total. The van der Waals surface area contributed by atoms with Crippen molar-refractivity contribution in [3.8, 4) is 11.5 Å². The van der Waals surface area contributed by atoms with Gasteiger partial charge in [-0.25, -0.2) is 0 Å². The number of rotatable bonds is 6. The summed E-state index contributed by atoms with van der Waals surface area (Å²) in [7, 11) is 3.34. The Balaban J connectivity index is 1.54. The van der Waals surface area contributed by atoms with Crippen LogP contribution in [0.25, 0.3) is 0 Å². The van der Waals surface area contributed by atoms with Crippen molar-refractivity contribution in [2.45, 2.75) is 32.1 Å². The number of ether oxygens (including phenoxy) is 2. The summed E-state index contributed by atoms with van der Waals surface area (Å²) >= 11 is 0. The maximum Gasteiger partial charge on any atom is 0.222 e. The highest BCUT2D eigenvalue weighted by molar-refractivity contribution is 5.76. The first-order chi connectivity index (χ1) is 13.2. The molecule has 2 heterocycles. The van der Waals surface area contributed by atoms with Crippen LogP contribution in [0.15, 0.2) is 18.2 Å². The van der Waals surface area contributed by atoms with Gasteiger partial charge >= 0.3 is 0 Å². The van der Waals surface area contributed by atoms with E-state index in [4.69, 9.17) is 9.47 Å². The lowest BCUT2D eigenvalue weighted by Crippen LogP contribution is -2.35. The summed E-state index contributed by atoms with van der Waals surface area (Å²) < 4.78 is 10.8. The normalized spacial score (nSPS) is 18.9. The highest BCUT2D eigenvalue weighted by atomic mass is 16.5. The predicted octanol–water partition coefficient (Wildman–Crippen LogP) is 2.52. The van der Waals surface area contributed by atoms with Crippen molar-refractivity contribution >= 4 is 11.6 Å². The molecule has 2 aliphatic heterocycles. The smallest absolute Gasteiger partial charge is 0.222 e. The maximum absolute atomic E-state index is 12.7. The predicted molar refractivity (Wildman–Crippen MR) is 108 cm³/mol.